The highest BCUT2D eigenvalue weighted by Crippen LogP contribution is 2.26. The van der Waals surface area contributed by atoms with Crippen molar-refractivity contribution < 1.29 is 5.11 Å². The summed E-state index contributed by atoms with van der Waals surface area (Å²) in [6, 6.07) is 0. The smallest absolute Gasteiger partial charge is 0.0558 e. The monoisotopic (exact) mass is 213 g/mol. The molecule has 2 nitrogen and oxygen atoms in total. The Bertz CT molecular complexity index is 168. The number of hydrogen-bond acceptors (Lipinski definition) is 2. The summed E-state index contributed by atoms with van der Waals surface area (Å²) in [4.78, 5) is 2.44. The first-order valence-electron chi connectivity index (χ1n) is 6.34. The lowest BCUT2D eigenvalue weighted by atomic mass is 9.95. The molecule has 0 saturated heterocycles. The molecule has 2 heteroatoms. The second kappa shape index (κ2) is 5.86. The summed E-state index contributed by atoms with van der Waals surface area (Å²) in [7, 11) is 0. The van der Waals surface area contributed by atoms with Crippen LogP contribution in [0.5, 0.6) is 0 Å². The van der Waals surface area contributed by atoms with Crippen LogP contribution in [0, 0.1) is 11.3 Å². The zero-order valence-corrected chi connectivity index (χ0v) is 10.6. The van der Waals surface area contributed by atoms with E-state index >= 15 is 0 Å². The van der Waals surface area contributed by atoms with Crippen molar-refractivity contribution >= 4 is 0 Å². The zero-order valence-electron chi connectivity index (χ0n) is 10.6. The predicted octanol–water partition coefficient (Wildman–Crippen LogP) is 2.52. The van der Waals surface area contributed by atoms with E-state index in [0.29, 0.717) is 12.0 Å². The van der Waals surface area contributed by atoms with Gasteiger partial charge in [0.05, 0.1) is 6.61 Å². The lowest BCUT2D eigenvalue weighted by Gasteiger charge is -2.31. The SMILES string of the molecule is CC(C)(C)CN(CCO)CC1CCCC1. The fourth-order valence-corrected chi connectivity index (χ4v) is 2.61. The Hall–Kier alpha value is -0.0800. The molecule has 1 fully saturated rings. The first-order valence-corrected chi connectivity index (χ1v) is 6.34. The van der Waals surface area contributed by atoms with Crippen molar-refractivity contribution in [2.24, 2.45) is 11.3 Å². The minimum Gasteiger partial charge on any atom is -0.395 e. The van der Waals surface area contributed by atoms with Crippen LogP contribution < -0.4 is 0 Å². The first kappa shape index (κ1) is 13.0. The molecule has 0 aliphatic heterocycles. The number of rotatable bonds is 5. The maximum absolute atomic E-state index is 9.07. The molecule has 1 rings (SSSR count). The van der Waals surface area contributed by atoms with E-state index in [2.05, 4.69) is 25.7 Å². The second-order valence-corrected chi connectivity index (χ2v) is 6.17. The van der Waals surface area contributed by atoms with Crippen LogP contribution in [0.15, 0.2) is 0 Å². The van der Waals surface area contributed by atoms with Gasteiger partial charge in [0.2, 0.25) is 0 Å². The van der Waals surface area contributed by atoms with Crippen LogP contribution in [-0.4, -0.2) is 36.2 Å². The molecule has 0 aromatic carbocycles. The summed E-state index contributed by atoms with van der Waals surface area (Å²) in [5.41, 5.74) is 0.341. The maximum atomic E-state index is 9.07. The fourth-order valence-electron chi connectivity index (χ4n) is 2.61. The van der Waals surface area contributed by atoms with Gasteiger partial charge >= 0.3 is 0 Å². The minimum atomic E-state index is 0.294. The second-order valence-electron chi connectivity index (χ2n) is 6.17. The predicted molar refractivity (Wildman–Crippen MR) is 64.9 cm³/mol. The van der Waals surface area contributed by atoms with E-state index in [0.717, 1.165) is 19.0 Å². The van der Waals surface area contributed by atoms with E-state index in [-0.39, 0.29) is 0 Å². The highest BCUT2D eigenvalue weighted by atomic mass is 16.3. The molecule has 0 spiro atoms. The quantitative estimate of drug-likeness (QED) is 0.758. The Morgan fingerprint density at radius 2 is 1.80 bits per heavy atom. The number of aliphatic hydroxyl groups excluding tert-OH is 1. The molecule has 0 amide bonds. The molecule has 0 radical (unpaired) electrons. The van der Waals surface area contributed by atoms with Gasteiger partial charge in [-0.25, -0.2) is 0 Å². The van der Waals surface area contributed by atoms with Gasteiger partial charge < -0.3 is 10.0 Å². The Morgan fingerprint density at radius 1 is 1.20 bits per heavy atom. The standard InChI is InChI=1S/C13H27NO/c1-13(2,3)11-14(8-9-15)10-12-6-4-5-7-12/h12,15H,4-11H2,1-3H3. The van der Waals surface area contributed by atoms with Crippen molar-refractivity contribution in [2.45, 2.75) is 46.5 Å². The Labute approximate surface area is 94.7 Å². The number of nitrogens with zero attached hydrogens (tertiary/aromatic N) is 1. The molecule has 0 unspecified atom stereocenters. The van der Waals surface area contributed by atoms with Crippen LogP contribution >= 0.6 is 0 Å². The van der Waals surface area contributed by atoms with Crippen LogP contribution in [-0.2, 0) is 0 Å². The summed E-state index contributed by atoms with van der Waals surface area (Å²) in [5.74, 6) is 0.888. The van der Waals surface area contributed by atoms with Crippen LogP contribution in [0.1, 0.15) is 46.5 Å². The van der Waals surface area contributed by atoms with Crippen LogP contribution in [0.3, 0.4) is 0 Å². The third-order valence-corrected chi connectivity index (χ3v) is 3.11. The highest BCUT2D eigenvalue weighted by Gasteiger charge is 2.21. The summed E-state index contributed by atoms with van der Waals surface area (Å²) in [6.07, 6.45) is 5.61. The minimum absolute atomic E-state index is 0.294. The van der Waals surface area contributed by atoms with Gasteiger partial charge in [-0.2, -0.15) is 0 Å². The van der Waals surface area contributed by atoms with Gasteiger partial charge in [0, 0.05) is 19.6 Å². The van der Waals surface area contributed by atoms with Gasteiger partial charge in [-0.3, -0.25) is 0 Å². The highest BCUT2D eigenvalue weighted by molar-refractivity contribution is 4.75. The Morgan fingerprint density at radius 3 is 2.27 bits per heavy atom. The molecule has 0 aromatic heterocycles. The molecule has 1 N–H and O–H groups in total. The maximum Gasteiger partial charge on any atom is 0.0558 e. The van der Waals surface area contributed by atoms with E-state index in [9.17, 15) is 0 Å². The third-order valence-electron chi connectivity index (χ3n) is 3.11. The molecule has 15 heavy (non-hydrogen) atoms. The van der Waals surface area contributed by atoms with Gasteiger partial charge in [-0.05, 0) is 24.2 Å². The molecule has 90 valence electrons. The van der Waals surface area contributed by atoms with Gasteiger partial charge in [0.15, 0.2) is 0 Å². The lowest BCUT2D eigenvalue weighted by Crippen LogP contribution is -2.37. The van der Waals surface area contributed by atoms with E-state index < -0.39 is 0 Å². The average Bonchev–Trinajstić information content (AvgIpc) is 2.54. The van der Waals surface area contributed by atoms with Crippen molar-refractivity contribution in [1.82, 2.24) is 4.90 Å². The van der Waals surface area contributed by atoms with Gasteiger partial charge in [-0.1, -0.05) is 33.6 Å². The topological polar surface area (TPSA) is 23.5 Å². The molecule has 0 bridgehead atoms. The molecule has 0 atom stereocenters. The summed E-state index contributed by atoms with van der Waals surface area (Å²) >= 11 is 0. The fraction of sp³-hybridized carbons (Fsp3) is 1.00. The van der Waals surface area contributed by atoms with Gasteiger partial charge in [0.1, 0.15) is 0 Å². The Balaban J connectivity index is 2.35. The third kappa shape index (κ3) is 5.53. The van der Waals surface area contributed by atoms with E-state index in [4.69, 9.17) is 5.11 Å². The zero-order chi connectivity index (χ0) is 11.3. The van der Waals surface area contributed by atoms with Crippen LogP contribution in [0.4, 0.5) is 0 Å². The van der Waals surface area contributed by atoms with E-state index in [1.807, 2.05) is 0 Å². The Kier molecular flexibility index (Phi) is 5.07. The summed E-state index contributed by atoms with van der Waals surface area (Å²) in [5, 5.41) is 9.07. The normalized spacial score (nSPS) is 19.0. The molecule has 1 aliphatic rings. The molecule has 1 aliphatic carbocycles. The average molecular weight is 213 g/mol. The summed E-state index contributed by atoms with van der Waals surface area (Å²) in [6.45, 7) is 10.2. The molecule has 0 aromatic rings. The molecule has 0 heterocycles. The van der Waals surface area contributed by atoms with E-state index in [1.54, 1.807) is 0 Å². The van der Waals surface area contributed by atoms with Crippen LogP contribution in [0.2, 0.25) is 0 Å². The van der Waals surface area contributed by atoms with Gasteiger partial charge in [0.25, 0.3) is 0 Å². The van der Waals surface area contributed by atoms with E-state index in [1.165, 1.54) is 32.2 Å². The molecular weight excluding hydrogens is 186 g/mol. The van der Waals surface area contributed by atoms with Crippen LogP contribution in [0.25, 0.3) is 0 Å². The van der Waals surface area contributed by atoms with Crippen molar-refractivity contribution in [3.05, 3.63) is 0 Å². The first-order chi connectivity index (χ1) is 7.01. The summed E-state index contributed by atoms with van der Waals surface area (Å²) < 4.78 is 0. The molecule has 1 saturated carbocycles. The molecular formula is C13H27NO. The lowest BCUT2D eigenvalue weighted by molar-refractivity contribution is 0.134. The van der Waals surface area contributed by atoms with Crippen molar-refractivity contribution in [3.8, 4) is 0 Å². The van der Waals surface area contributed by atoms with Crippen molar-refractivity contribution in [3.63, 3.8) is 0 Å². The van der Waals surface area contributed by atoms with Gasteiger partial charge in [-0.15, -0.1) is 0 Å². The largest absolute Gasteiger partial charge is 0.395 e. The van der Waals surface area contributed by atoms with Crippen molar-refractivity contribution in [2.75, 3.05) is 26.2 Å². The number of hydrogen-bond donors (Lipinski definition) is 1. The number of aliphatic hydroxyl groups is 1. The van der Waals surface area contributed by atoms with Crippen molar-refractivity contribution in [1.29, 1.82) is 0 Å².